The number of hydrogen-bond acceptors (Lipinski definition) is 0. The first-order valence-electron chi connectivity index (χ1n) is 5.42. The van der Waals surface area contributed by atoms with E-state index in [0.717, 1.165) is 0 Å². The predicted octanol–water partition coefficient (Wildman–Crippen LogP) is 1.86. The highest BCUT2D eigenvalue weighted by molar-refractivity contribution is 14.1. The fraction of sp³-hybridized carbons (Fsp3) is 0.500. The Morgan fingerprint density at radius 1 is 1.00 bits per heavy atom. The third-order valence-electron chi connectivity index (χ3n) is 2.93. The molecule has 0 amide bonds. The number of hydrogen-bond donors (Lipinski definition) is 1. The van der Waals surface area contributed by atoms with E-state index < -0.39 is 0 Å². The summed E-state index contributed by atoms with van der Waals surface area (Å²) >= 11 is 2.36. The third kappa shape index (κ3) is 2.95. The summed E-state index contributed by atoms with van der Waals surface area (Å²) in [6, 6.07) is 8.95. The Labute approximate surface area is 99.6 Å². The molecular weight excluding hydrogens is 285 g/mol. The molecule has 1 aromatic rings. The van der Waals surface area contributed by atoms with Crippen molar-refractivity contribution >= 4 is 22.6 Å². The summed E-state index contributed by atoms with van der Waals surface area (Å²) in [5.74, 6) is 0. The van der Waals surface area contributed by atoms with E-state index in [-0.39, 0.29) is 0 Å². The number of piperidine rings is 1. The summed E-state index contributed by atoms with van der Waals surface area (Å²) in [5, 5.41) is 0. The molecule has 1 aliphatic heterocycles. The molecule has 0 bridgehead atoms. The van der Waals surface area contributed by atoms with Gasteiger partial charge >= 0.3 is 0 Å². The molecule has 0 atom stereocenters. The second-order valence-electron chi connectivity index (χ2n) is 4.11. The third-order valence-corrected chi connectivity index (χ3v) is 3.65. The Bertz CT molecular complexity index is 275. The van der Waals surface area contributed by atoms with Gasteiger partial charge in [-0.25, -0.2) is 0 Å². The van der Waals surface area contributed by atoms with E-state index in [4.69, 9.17) is 0 Å². The normalized spacial score (nSPS) is 18.4. The molecule has 0 saturated carbocycles. The van der Waals surface area contributed by atoms with Crippen LogP contribution in [0.1, 0.15) is 24.8 Å². The molecule has 0 aliphatic carbocycles. The quantitative estimate of drug-likeness (QED) is 0.796. The number of rotatable bonds is 2. The number of quaternary nitrogens is 1. The van der Waals surface area contributed by atoms with Gasteiger partial charge in [0, 0.05) is 9.13 Å². The Balaban J connectivity index is 1.92. The largest absolute Gasteiger partial charge is 0.331 e. The molecule has 0 unspecified atom stereocenters. The molecule has 1 aliphatic rings. The van der Waals surface area contributed by atoms with Crippen LogP contribution in [0.3, 0.4) is 0 Å². The van der Waals surface area contributed by atoms with E-state index in [1.807, 2.05) is 0 Å². The van der Waals surface area contributed by atoms with Gasteiger partial charge in [0.2, 0.25) is 0 Å². The SMILES string of the molecule is Ic1ccc(C[NH+]2CCCCC2)cc1. The van der Waals surface area contributed by atoms with Crippen molar-refractivity contribution in [3.63, 3.8) is 0 Å². The molecule has 1 fully saturated rings. The van der Waals surface area contributed by atoms with E-state index in [0.29, 0.717) is 0 Å². The second-order valence-corrected chi connectivity index (χ2v) is 5.36. The van der Waals surface area contributed by atoms with Crippen molar-refractivity contribution < 1.29 is 4.90 Å². The lowest BCUT2D eigenvalue weighted by Gasteiger charge is -2.23. The maximum atomic E-state index is 2.36. The van der Waals surface area contributed by atoms with Crippen molar-refractivity contribution in [3.8, 4) is 0 Å². The number of nitrogens with one attached hydrogen (secondary N) is 1. The second kappa shape index (κ2) is 5.12. The van der Waals surface area contributed by atoms with Gasteiger partial charge in [-0.1, -0.05) is 12.1 Å². The molecule has 1 heterocycles. The average molecular weight is 302 g/mol. The minimum atomic E-state index is 1.22. The average Bonchev–Trinajstić information content (AvgIpc) is 2.23. The summed E-state index contributed by atoms with van der Waals surface area (Å²) in [7, 11) is 0. The molecular formula is C12H17IN+. The molecule has 1 aromatic carbocycles. The maximum Gasteiger partial charge on any atom is 0.103 e. The van der Waals surface area contributed by atoms with Gasteiger partial charge in [0.05, 0.1) is 13.1 Å². The van der Waals surface area contributed by atoms with Gasteiger partial charge in [-0.05, 0) is 54.0 Å². The Kier molecular flexibility index (Phi) is 3.81. The standard InChI is InChI=1S/C12H16IN/c13-12-6-4-11(5-7-12)10-14-8-2-1-3-9-14/h4-7H,1-3,8-10H2/p+1. The predicted molar refractivity (Wildman–Crippen MR) is 67.4 cm³/mol. The molecule has 2 rings (SSSR count). The minimum absolute atomic E-state index is 1.22. The highest BCUT2D eigenvalue weighted by Gasteiger charge is 2.13. The van der Waals surface area contributed by atoms with Crippen molar-refractivity contribution in [1.29, 1.82) is 0 Å². The molecule has 1 nitrogen and oxygen atoms in total. The minimum Gasteiger partial charge on any atom is -0.331 e. The maximum absolute atomic E-state index is 2.36. The summed E-state index contributed by atoms with van der Waals surface area (Å²) in [6.45, 7) is 3.95. The summed E-state index contributed by atoms with van der Waals surface area (Å²) in [6.07, 6.45) is 4.27. The molecule has 0 spiro atoms. The zero-order chi connectivity index (χ0) is 9.80. The van der Waals surface area contributed by atoms with Gasteiger partial charge in [-0.3, -0.25) is 0 Å². The van der Waals surface area contributed by atoms with Crippen molar-refractivity contribution in [1.82, 2.24) is 0 Å². The van der Waals surface area contributed by atoms with Crippen molar-refractivity contribution in [2.24, 2.45) is 0 Å². The summed E-state index contributed by atoms with van der Waals surface area (Å²) < 4.78 is 1.33. The fourth-order valence-electron chi connectivity index (χ4n) is 2.12. The fourth-order valence-corrected chi connectivity index (χ4v) is 2.48. The van der Waals surface area contributed by atoms with Crippen molar-refractivity contribution in [3.05, 3.63) is 33.4 Å². The van der Waals surface area contributed by atoms with E-state index in [1.54, 1.807) is 4.90 Å². The van der Waals surface area contributed by atoms with Crippen molar-refractivity contribution in [2.75, 3.05) is 13.1 Å². The van der Waals surface area contributed by atoms with Crippen LogP contribution in [-0.2, 0) is 6.54 Å². The smallest absolute Gasteiger partial charge is 0.103 e. The lowest BCUT2D eigenvalue weighted by Crippen LogP contribution is -3.11. The van der Waals surface area contributed by atoms with Gasteiger partial charge in [-0.15, -0.1) is 0 Å². The van der Waals surface area contributed by atoms with Gasteiger partial charge in [0.25, 0.3) is 0 Å². The number of likely N-dealkylation sites (tertiary alicyclic amines) is 1. The summed E-state index contributed by atoms with van der Waals surface area (Å²) in [4.78, 5) is 1.76. The van der Waals surface area contributed by atoms with Crippen LogP contribution in [0.5, 0.6) is 0 Å². The topological polar surface area (TPSA) is 4.44 Å². The van der Waals surface area contributed by atoms with Crippen LogP contribution < -0.4 is 4.90 Å². The Hall–Kier alpha value is -0.0900. The van der Waals surface area contributed by atoms with Crippen LogP contribution in [-0.4, -0.2) is 13.1 Å². The van der Waals surface area contributed by atoms with Gasteiger partial charge in [-0.2, -0.15) is 0 Å². The first kappa shape index (κ1) is 10.4. The van der Waals surface area contributed by atoms with E-state index in [1.165, 1.54) is 48.0 Å². The van der Waals surface area contributed by atoms with Crippen molar-refractivity contribution in [2.45, 2.75) is 25.8 Å². The van der Waals surface area contributed by atoms with E-state index >= 15 is 0 Å². The first-order chi connectivity index (χ1) is 6.84. The lowest BCUT2D eigenvalue weighted by atomic mass is 10.1. The number of halogens is 1. The molecule has 0 radical (unpaired) electrons. The zero-order valence-corrected chi connectivity index (χ0v) is 10.6. The first-order valence-corrected chi connectivity index (χ1v) is 6.50. The van der Waals surface area contributed by atoms with Gasteiger partial charge in [0.15, 0.2) is 0 Å². The van der Waals surface area contributed by atoms with Crippen LogP contribution in [0.25, 0.3) is 0 Å². The van der Waals surface area contributed by atoms with E-state index in [2.05, 4.69) is 46.9 Å². The highest BCUT2D eigenvalue weighted by Crippen LogP contribution is 2.06. The van der Waals surface area contributed by atoms with Crippen LogP contribution in [0, 0.1) is 3.57 Å². The Morgan fingerprint density at radius 3 is 2.29 bits per heavy atom. The zero-order valence-electron chi connectivity index (χ0n) is 8.43. The van der Waals surface area contributed by atoms with Gasteiger partial charge < -0.3 is 4.90 Å². The Morgan fingerprint density at radius 2 is 1.64 bits per heavy atom. The van der Waals surface area contributed by atoms with Crippen LogP contribution in [0.4, 0.5) is 0 Å². The highest BCUT2D eigenvalue weighted by atomic mass is 127. The molecule has 1 saturated heterocycles. The van der Waals surface area contributed by atoms with Crippen LogP contribution in [0.2, 0.25) is 0 Å². The van der Waals surface area contributed by atoms with Crippen LogP contribution in [0.15, 0.2) is 24.3 Å². The molecule has 1 N–H and O–H groups in total. The molecule has 2 heteroatoms. The molecule has 14 heavy (non-hydrogen) atoms. The van der Waals surface area contributed by atoms with Crippen LogP contribution >= 0.6 is 22.6 Å². The number of benzene rings is 1. The monoisotopic (exact) mass is 302 g/mol. The van der Waals surface area contributed by atoms with E-state index in [9.17, 15) is 0 Å². The van der Waals surface area contributed by atoms with Gasteiger partial charge in [0.1, 0.15) is 6.54 Å². The lowest BCUT2D eigenvalue weighted by molar-refractivity contribution is -0.918. The summed E-state index contributed by atoms with van der Waals surface area (Å²) in [5.41, 5.74) is 1.49. The molecule has 0 aromatic heterocycles. The molecule has 76 valence electrons.